The highest BCUT2D eigenvalue weighted by atomic mass is 16.2. The minimum Gasteiger partial charge on any atom is -0.359 e. The zero-order chi connectivity index (χ0) is 15.5. The van der Waals surface area contributed by atoms with E-state index in [-0.39, 0.29) is 17.7 Å². The number of nitrogens with one attached hydrogen (secondary N) is 2. The van der Waals surface area contributed by atoms with Gasteiger partial charge >= 0.3 is 0 Å². The quantitative estimate of drug-likeness (QED) is 0.747. The summed E-state index contributed by atoms with van der Waals surface area (Å²) in [6, 6.07) is 0. The normalized spacial score (nSPS) is 22.1. The fourth-order valence-electron chi connectivity index (χ4n) is 3.29. The van der Waals surface area contributed by atoms with Gasteiger partial charge in [0.05, 0.1) is 5.54 Å². The average molecular weight is 296 g/mol. The van der Waals surface area contributed by atoms with Gasteiger partial charge in [-0.3, -0.25) is 14.5 Å². The van der Waals surface area contributed by atoms with Gasteiger partial charge in [-0.1, -0.05) is 0 Å². The zero-order valence-corrected chi connectivity index (χ0v) is 13.4. The predicted molar refractivity (Wildman–Crippen MR) is 81.9 cm³/mol. The summed E-state index contributed by atoms with van der Waals surface area (Å²) in [4.78, 5) is 28.7. The molecule has 0 aliphatic carbocycles. The lowest BCUT2D eigenvalue weighted by Gasteiger charge is -2.43. The van der Waals surface area contributed by atoms with Crippen LogP contribution in [0.3, 0.4) is 0 Å². The highest BCUT2D eigenvalue weighted by molar-refractivity contribution is 5.86. The van der Waals surface area contributed by atoms with Gasteiger partial charge in [-0.2, -0.15) is 0 Å². The Morgan fingerprint density at radius 2 is 1.67 bits per heavy atom. The van der Waals surface area contributed by atoms with E-state index < -0.39 is 5.54 Å². The third-order valence-corrected chi connectivity index (χ3v) is 4.83. The SMILES string of the molecule is CNC(=O)C1CCN(C(=O)C(C)(C)N2CCNCC2)CC1. The van der Waals surface area contributed by atoms with Crippen LogP contribution in [0.15, 0.2) is 0 Å². The van der Waals surface area contributed by atoms with Crippen LogP contribution in [0.4, 0.5) is 0 Å². The van der Waals surface area contributed by atoms with Crippen LogP contribution in [0.25, 0.3) is 0 Å². The van der Waals surface area contributed by atoms with Crippen molar-refractivity contribution in [1.82, 2.24) is 20.4 Å². The minimum atomic E-state index is -0.456. The highest BCUT2D eigenvalue weighted by Gasteiger charge is 2.39. The fourth-order valence-corrected chi connectivity index (χ4v) is 3.29. The van der Waals surface area contributed by atoms with Crippen molar-refractivity contribution in [1.29, 1.82) is 0 Å². The standard InChI is InChI=1S/C15H28N4O2/c1-15(2,19-10-6-17-7-11-19)14(21)18-8-4-12(5-9-18)13(20)16-3/h12,17H,4-11H2,1-3H3,(H,16,20). The summed E-state index contributed by atoms with van der Waals surface area (Å²) in [5, 5.41) is 6.02. The van der Waals surface area contributed by atoms with Crippen molar-refractivity contribution in [2.75, 3.05) is 46.3 Å². The maximum absolute atomic E-state index is 12.8. The van der Waals surface area contributed by atoms with E-state index in [4.69, 9.17) is 0 Å². The average Bonchev–Trinajstić information content (AvgIpc) is 2.54. The Labute approximate surface area is 127 Å². The van der Waals surface area contributed by atoms with Crippen LogP contribution in [0.2, 0.25) is 0 Å². The number of likely N-dealkylation sites (tertiary alicyclic amines) is 1. The molecule has 0 aromatic rings. The largest absolute Gasteiger partial charge is 0.359 e. The lowest BCUT2D eigenvalue weighted by atomic mass is 9.93. The van der Waals surface area contributed by atoms with Crippen molar-refractivity contribution in [3.63, 3.8) is 0 Å². The predicted octanol–water partition coefficient (Wildman–Crippen LogP) is -0.345. The Bertz CT molecular complexity index is 383. The molecular weight excluding hydrogens is 268 g/mol. The van der Waals surface area contributed by atoms with Crippen LogP contribution in [-0.4, -0.2) is 73.5 Å². The van der Waals surface area contributed by atoms with E-state index in [1.54, 1.807) is 7.05 Å². The van der Waals surface area contributed by atoms with E-state index in [2.05, 4.69) is 15.5 Å². The molecule has 2 aliphatic rings. The summed E-state index contributed by atoms with van der Waals surface area (Å²) in [6.45, 7) is 9.11. The van der Waals surface area contributed by atoms with Crippen molar-refractivity contribution < 1.29 is 9.59 Å². The molecule has 2 heterocycles. The molecule has 0 atom stereocenters. The molecule has 2 amide bonds. The van der Waals surface area contributed by atoms with Gasteiger partial charge in [0.1, 0.15) is 0 Å². The Balaban J connectivity index is 1.92. The van der Waals surface area contributed by atoms with E-state index in [9.17, 15) is 9.59 Å². The molecule has 0 bridgehead atoms. The van der Waals surface area contributed by atoms with Gasteiger partial charge in [-0.05, 0) is 26.7 Å². The molecule has 120 valence electrons. The van der Waals surface area contributed by atoms with Crippen molar-refractivity contribution >= 4 is 11.8 Å². The van der Waals surface area contributed by atoms with Crippen LogP contribution in [-0.2, 0) is 9.59 Å². The lowest BCUT2D eigenvalue weighted by molar-refractivity contribution is -0.145. The molecule has 2 saturated heterocycles. The third-order valence-electron chi connectivity index (χ3n) is 4.83. The smallest absolute Gasteiger partial charge is 0.242 e. The van der Waals surface area contributed by atoms with Gasteiger partial charge in [-0.25, -0.2) is 0 Å². The number of carbonyl (C=O) groups is 2. The van der Waals surface area contributed by atoms with Gasteiger partial charge < -0.3 is 15.5 Å². The number of nitrogens with zero attached hydrogens (tertiary/aromatic N) is 2. The van der Waals surface area contributed by atoms with Crippen molar-refractivity contribution in [3.8, 4) is 0 Å². The fraction of sp³-hybridized carbons (Fsp3) is 0.867. The van der Waals surface area contributed by atoms with Gasteiger partial charge in [0, 0.05) is 52.2 Å². The number of carbonyl (C=O) groups excluding carboxylic acids is 2. The number of rotatable bonds is 3. The molecule has 0 radical (unpaired) electrons. The first kappa shape index (κ1) is 16.2. The maximum Gasteiger partial charge on any atom is 0.242 e. The third kappa shape index (κ3) is 3.55. The van der Waals surface area contributed by atoms with E-state index in [1.807, 2.05) is 18.7 Å². The van der Waals surface area contributed by atoms with Gasteiger partial charge in [0.25, 0.3) is 0 Å². The number of amides is 2. The number of piperidine rings is 1. The molecule has 6 nitrogen and oxygen atoms in total. The number of hydrogen-bond acceptors (Lipinski definition) is 4. The summed E-state index contributed by atoms with van der Waals surface area (Å²) >= 11 is 0. The summed E-state index contributed by atoms with van der Waals surface area (Å²) in [6.07, 6.45) is 1.53. The maximum atomic E-state index is 12.8. The monoisotopic (exact) mass is 296 g/mol. The van der Waals surface area contributed by atoms with Crippen LogP contribution in [0.1, 0.15) is 26.7 Å². The van der Waals surface area contributed by atoms with E-state index in [0.29, 0.717) is 13.1 Å². The first-order valence-corrected chi connectivity index (χ1v) is 7.93. The summed E-state index contributed by atoms with van der Waals surface area (Å²) in [5.74, 6) is 0.351. The first-order valence-electron chi connectivity index (χ1n) is 7.93. The summed E-state index contributed by atoms with van der Waals surface area (Å²) in [7, 11) is 1.67. The molecule has 2 N–H and O–H groups in total. The highest BCUT2D eigenvalue weighted by Crippen LogP contribution is 2.23. The molecule has 0 aromatic heterocycles. The summed E-state index contributed by atoms with van der Waals surface area (Å²) < 4.78 is 0. The van der Waals surface area contributed by atoms with Crippen LogP contribution >= 0.6 is 0 Å². The summed E-state index contributed by atoms with van der Waals surface area (Å²) in [5.41, 5.74) is -0.456. The molecule has 0 saturated carbocycles. The molecular formula is C15H28N4O2. The zero-order valence-electron chi connectivity index (χ0n) is 13.4. The first-order chi connectivity index (χ1) is 9.96. The molecule has 21 heavy (non-hydrogen) atoms. The second-order valence-corrected chi connectivity index (χ2v) is 6.48. The molecule has 0 spiro atoms. The molecule has 2 aliphatic heterocycles. The van der Waals surface area contributed by atoms with E-state index in [1.165, 1.54) is 0 Å². The van der Waals surface area contributed by atoms with Crippen molar-refractivity contribution in [2.45, 2.75) is 32.2 Å². The molecule has 2 fully saturated rings. The van der Waals surface area contributed by atoms with E-state index >= 15 is 0 Å². The molecule has 0 aromatic carbocycles. The number of hydrogen-bond donors (Lipinski definition) is 2. The Hall–Kier alpha value is -1.14. The molecule has 0 unspecified atom stereocenters. The topological polar surface area (TPSA) is 64.7 Å². The van der Waals surface area contributed by atoms with Crippen LogP contribution in [0.5, 0.6) is 0 Å². The van der Waals surface area contributed by atoms with Crippen LogP contribution < -0.4 is 10.6 Å². The van der Waals surface area contributed by atoms with Gasteiger partial charge in [-0.15, -0.1) is 0 Å². The van der Waals surface area contributed by atoms with Crippen molar-refractivity contribution in [2.24, 2.45) is 5.92 Å². The van der Waals surface area contributed by atoms with Crippen LogP contribution in [0, 0.1) is 5.92 Å². The molecule has 2 rings (SSSR count). The lowest BCUT2D eigenvalue weighted by Crippen LogP contribution is -2.61. The van der Waals surface area contributed by atoms with Crippen molar-refractivity contribution in [3.05, 3.63) is 0 Å². The number of piperazine rings is 1. The Morgan fingerprint density at radius 1 is 1.10 bits per heavy atom. The second kappa shape index (κ2) is 6.75. The second-order valence-electron chi connectivity index (χ2n) is 6.48. The van der Waals surface area contributed by atoms with Gasteiger partial charge in [0.2, 0.25) is 11.8 Å². The Morgan fingerprint density at radius 3 is 2.19 bits per heavy atom. The minimum absolute atomic E-state index is 0.0568. The van der Waals surface area contributed by atoms with E-state index in [0.717, 1.165) is 39.0 Å². The Kier molecular flexibility index (Phi) is 5.22. The molecule has 6 heteroatoms. The van der Waals surface area contributed by atoms with Gasteiger partial charge in [0.15, 0.2) is 0 Å².